The summed E-state index contributed by atoms with van der Waals surface area (Å²) in [5, 5.41) is 20.7. The molecule has 0 bridgehead atoms. The highest BCUT2D eigenvalue weighted by atomic mass is 35.5. The molecule has 3 aromatic rings. The average molecular weight is 464 g/mol. The standard InChI is InChI=1S/C23H18ClN5O4/c24-19-4-2-1-3-18(19)22(30)27-11-13-28(14-12-27)23-20(15-25)26-21(33-23)10-7-16-5-8-17(9-6-16)29(31)32/h1-10H,11-14H2/b10-7+. The Morgan fingerprint density at radius 2 is 1.82 bits per heavy atom. The van der Waals surface area contributed by atoms with Gasteiger partial charge in [-0.3, -0.25) is 14.9 Å². The van der Waals surface area contributed by atoms with Gasteiger partial charge in [-0.25, -0.2) is 0 Å². The highest BCUT2D eigenvalue weighted by Gasteiger charge is 2.27. The number of amides is 1. The first-order chi connectivity index (χ1) is 16.0. The smallest absolute Gasteiger partial charge is 0.269 e. The van der Waals surface area contributed by atoms with Crippen LogP contribution in [0.15, 0.2) is 52.9 Å². The maximum absolute atomic E-state index is 12.8. The van der Waals surface area contributed by atoms with Crippen molar-refractivity contribution in [3.05, 3.63) is 86.4 Å². The van der Waals surface area contributed by atoms with E-state index in [4.69, 9.17) is 16.0 Å². The number of benzene rings is 2. The first kappa shape index (κ1) is 22.0. The van der Waals surface area contributed by atoms with Crippen LogP contribution in [0.1, 0.15) is 27.5 Å². The first-order valence-corrected chi connectivity index (χ1v) is 10.5. The number of halogens is 1. The summed E-state index contributed by atoms with van der Waals surface area (Å²) in [6.45, 7) is 1.85. The minimum atomic E-state index is -0.463. The number of hydrogen-bond donors (Lipinski definition) is 0. The summed E-state index contributed by atoms with van der Waals surface area (Å²) in [6, 6.07) is 15.0. The number of carbonyl (C=O) groups excluding carboxylic acids is 1. The Labute approximate surface area is 194 Å². The van der Waals surface area contributed by atoms with Crippen molar-refractivity contribution in [2.24, 2.45) is 0 Å². The Morgan fingerprint density at radius 1 is 1.12 bits per heavy atom. The summed E-state index contributed by atoms with van der Waals surface area (Å²) in [4.78, 5) is 30.9. The Balaban J connectivity index is 1.44. The molecule has 33 heavy (non-hydrogen) atoms. The highest BCUT2D eigenvalue weighted by molar-refractivity contribution is 6.33. The third kappa shape index (κ3) is 4.86. The van der Waals surface area contributed by atoms with E-state index in [2.05, 4.69) is 4.98 Å². The van der Waals surface area contributed by atoms with Crippen molar-refractivity contribution in [3.63, 3.8) is 0 Å². The van der Waals surface area contributed by atoms with Crippen molar-refractivity contribution in [1.82, 2.24) is 9.88 Å². The Morgan fingerprint density at radius 3 is 2.45 bits per heavy atom. The van der Waals surface area contributed by atoms with Gasteiger partial charge in [-0.1, -0.05) is 23.7 Å². The van der Waals surface area contributed by atoms with Crippen LogP contribution in [0.3, 0.4) is 0 Å². The van der Waals surface area contributed by atoms with E-state index in [-0.39, 0.29) is 23.2 Å². The zero-order valence-corrected chi connectivity index (χ0v) is 18.1. The predicted octanol–water partition coefficient (Wildman–Crippen LogP) is 4.24. The molecule has 1 saturated heterocycles. The lowest BCUT2D eigenvalue weighted by Crippen LogP contribution is -2.49. The van der Waals surface area contributed by atoms with Gasteiger partial charge in [0.1, 0.15) is 6.07 Å². The topological polar surface area (TPSA) is 117 Å². The molecule has 10 heteroatoms. The lowest BCUT2D eigenvalue weighted by atomic mass is 10.2. The number of nitro benzene ring substituents is 1. The van der Waals surface area contributed by atoms with Gasteiger partial charge in [-0.05, 0) is 35.9 Å². The molecule has 2 heterocycles. The van der Waals surface area contributed by atoms with Crippen LogP contribution in [0.25, 0.3) is 12.2 Å². The number of aromatic nitrogens is 1. The zero-order valence-electron chi connectivity index (χ0n) is 17.3. The highest BCUT2D eigenvalue weighted by Crippen LogP contribution is 2.25. The van der Waals surface area contributed by atoms with Crippen molar-refractivity contribution >= 4 is 41.2 Å². The van der Waals surface area contributed by atoms with E-state index in [1.54, 1.807) is 53.5 Å². The number of anilines is 1. The van der Waals surface area contributed by atoms with E-state index in [0.717, 1.165) is 5.56 Å². The number of oxazole rings is 1. The number of hydrogen-bond acceptors (Lipinski definition) is 7. The second-order valence-corrected chi connectivity index (χ2v) is 7.67. The summed E-state index contributed by atoms with van der Waals surface area (Å²) in [5.41, 5.74) is 1.35. The maximum atomic E-state index is 12.8. The molecule has 2 aromatic carbocycles. The van der Waals surface area contributed by atoms with Gasteiger partial charge in [0.2, 0.25) is 17.5 Å². The molecule has 0 spiro atoms. The summed E-state index contributed by atoms with van der Waals surface area (Å²) < 4.78 is 5.80. The molecule has 9 nitrogen and oxygen atoms in total. The third-order valence-corrected chi connectivity index (χ3v) is 5.54. The number of nitrogens with zero attached hydrogens (tertiary/aromatic N) is 5. The summed E-state index contributed by atoms with van der Waals surface area (Å²) in [6.07, 6.45) is 3.30. The number of carbonyl (C=O) groups is 1. The van der Waals surface area contributed by atoms with Crippen LogP contribution in [-0.2, 0) is 0 Å². The van der Waals surface area contributed by atoms with Crippen LogP contribution in [-0.4, -0.2) is 46.9 Å². The number of piperazine rings is 1. The number of nitriles is 1. The molecule has 1 amide bonds. The van der Waals surface area contributed by atoms with Gasteiger partial charge in [-0.15, -0.1) is 0 Å². The second-order valence-electron chi connectivity index (χ2n) is 7.26. The van der Waals surface area contributed by atoms with E-state index >= 15 is 0 Å². The predicted molar refractivity (Wildman–Crippen MR) is 123 cm³/mol. The van der Waals surface area contributed by atoms with Crippen LogP contribution >= 0.6 is 11.6 Å². The molecule has 0 saturated carbocycles. The molecular formula is C23H18ClN5O4. The number of nitro groups is 1. The van der Waals surface area contributed by atoms with E-state index in [9.17, 15) is 20.2 Å². The van der Waals surface area contributed by atoms with Gasteiger partial charge >= 0.3 is 0 Å². The van der Waals surface area contributed by atoms with Crippen molar-refractivity contribution in [2.45, 2.75) is 0 Å². The lowest BCUT2D eigenvalue weighted by molar-refractivity contribution is -0.384. The summed E-state index contributed by atoms with van der Waals surface area (Å²) in [5.74, 6) is 0.463. The molecule has 1 aliphatic heterocycles. The minimum Gasteiger partial charge on any atom is -0.420 e. The monoisotopic (exact) mass is 463 g/mol. The second kappa shape index (κ2) is 9.54. The normalized spacial score (nSPS) is 13.8. The molecular weight excluding hydrogens is 446 g/mol. The van der Waals surface area contributed by atoms with Crippen LogP contribution < -0.4 is 4.90 Å². The van der Waals surface area contributed by atoms with Gasteiger partial charge in [0.25, 0.3) is 11.6 Å². The molecule has 166 valence electrons. The summed E-state index contributed by atoms with van der Waals surface area (Å²) in [7, 11) is 0. The SMILES string of the molecule is N#Cc1nc(/C=C/c2ccc([N+](=O)[O-])cc2)oc1N1CCN(C(=O)c2ccccc2Cl)CC1. The zero-order chi connectivity index (χ0) is 23.4. The van der Waals surface area contributed by atoms with Crippen LogP contribution in [0.4, 0.5) is 11.6 Å². The molecule has 1 aliphatic rings. The van der Waals surface area contributed by atoms with E-state index in [1.165, 1.54) is 12.1 Å². The van der Waals surface area contributed by atoms with Gasteiger partial charge in [0.15, 0.2) is 0 Å². The van der Waals surface area contributed by atoms with Crippen LogP contribution in [0.2, 0.25) is 5.02 Å². The van der Waals surface area contributed by atoms with E-state index in [1.807, 2.05) is 11.0 Å². The first-order valence-electron chi connectivity index (χ1n) is 10.1. The van der Waals surface area contributed by atoms with E-state index < -0.39 is 4.92 Å². The molecule has 0 unspecified atom stereocenters. The van der Waals surface area contributed by atoms with Gasteiger partial charge in [-0.2, -0.15) is 10.2 Å². The molecule has 0 aliphatic carbocycles. The van der Waals surface area contributed by atoms with Crippen LogP contribution in [0, 0.1) is 21.4 Å². The van der Waals surface area contributed by atoms with Crippen molar-refractivity contribution in [3.8, 4) is 6.07 Å². The maximum Gasteiger partial charge on any atom is 0.269 e. The minimum absolute atomic E-state index is 0.00415. The van der Waals surface area contributed by atoms with Crippen molar-refractivity contribution < 1.29 is 14.1 Å². The van der Waals surface area contributed by atoms with Crippen LogP contribution in [0.5, 0.6) is 0 Å². The summed E-state index contributed by atoms with van der Waals surface area (Å²) >= 11 is 6.15. The van der Waals surface area contributed by atoms with Gasteiger partial charge in [0, 0.05) is 44.4 Å². The fourth-order valence-corrected chi connectivity index (χ4v) is 3.70. The largest absolute Gasteiger partial charge is 0.420 e. The average Bonchev–Trinajstić information content (AvgIpc) is 3.26. The molecule has 0 N–H and O–H groups in total. The molecule has 0 radical (unpaired) electrons. The number of rotatable bonds is 5. The third-order valence-electron chi connectivity index (χ3n) is 5.21. The van der Waals surface area contributed by atoms with E-state index in [0.29, 0.717) is 42.6 Å². The molecule has 1 aromatic heterocycles. The Hall–Kier alpha value is -4.16. The fourth-order valence-electron chi connectivity index (χ4n) is 3.48. The fraction of sp³-hybridized carbons (Fsp3) is 0.174. The lowest BCUT2D eigenvalue weighted by Gasteiger charge is -2.34. The molecule has 1 fully saturated rings. The number of non-ortho nitro benzene ring substituents is 1. The quantitative estimate of drug-likeness (QED) is 0.410. The molecule has 4 rings (SSSR count). The van der Waals surface area contributed by atoms with Crippen molar-refractivity contribution in [1.29, 1.82) is 5.26 Å². The molecule has 0 atom stereocenters. The van der Waals surface area contributed by atoms with Crippen molar-refractivity contribution in [2.75, 3.05) is 31.1 Å². The Kier molecular flexibility index (Phi) is 6.38. The Bertz CT molecular complexity index is 1250. The van der Waals surface area contributed by atoms with Gasteiger partial charge < -0.3 is 14.2 Å². The van der Waals surface area contributed by atoms with Gasteiger partial charge in [0.05, 0.1) is 15.5 Å².